The van der Waals surface area contributed by atoms with Crippen LogP contribution in [0.3, 0.4) is 0 Å². The molecule has 0 saturated heterocycles. The summed E-state index contributed by atoms with van der Waals surface area (Å²) < 4.78 is 0. The van der Waals surface area contributed by atoms with Gasteiger partial charge >= 0.3 is 5.97 Å². The molecule has 4 heteroatoms. The summed E-state index contributed by atoms with van der Waals surface area (Å²) in [6.07, 6.45) is 0. The predicted octanol–water partition coefficient (Wildman–Crippen LogP) is 2.65. The van der Waals surface area contributed by atoms with Gasteiger partial charge in [-0.15, -0.1) is 0 Å². The number of rotatable bonds is 3. The van der Waals surface area contributed by atoms with E-state index in [1.165, 1.54) is 7.11 Å². The number of hydrogen-bond acceptors (Lipinski definition) is 4. The van der Waals surface area contributed by atoms with Gasteiger partial charge in [0.25, 0.3) is 0 Å². The lowest BCUT2D eigenvalue weighted by Crippen LogP contribution is -2.06. The molecule has 0 radical (unpaired) electrons. The molecular weight excluding hydrogens is 230 g/mol. The second-order valence-corrected chi connectivity index (χ2v) is 3.71. The number of hydrogen-bond donors (Lipinski definition) is 1. The van der Waals surface area contributed by atoms with E-state index in [1.54, 1.807) is 18.2 Å². The van der Waals surface area contributed by atoms with Crippen LogP contribution >= 0.6 is 0 Å². The van der Waals surface area contributed by atoms with Gasteiger partial charge in [-0.05, 0) is 29.3 Å². The zero-order valence-corrected chi connectivity index (χ0v) is 9.92. The average molecular weight is 243 g/mol. The summed E-state index contributed by atoms with van der Waals surface area (Å²) in [7, 11) is 1.29. The Kier molecular flexibility index (Phi) is 3.60. The molecule has 0 spiro atoms. The number of carbonyl (C=O) groups excluding carboxylic acids is 1. The molecule has 0 unspecified atom stereocenters. The first-order valence-corrected chi connectivity index (χ1v) is 5.42. The van der Waals surface area contributed by atoms with Crippen LogP contribution < -0.4 is 5.73 Å². The SMILES string of the molecule is COOC(=O)c1ccc(N)cc1-c1ccccc1. The van der Waals surface area contributed by atoms with Crippen LogP contribution in [0.25, 0.3) is 11.1 Å². The predicted molar refractivity (Wildman–Crippen MR) is 68.7 cm³/mol. The van der Waals surface area contributed by atoms with Crippen LogP contribution in [0.15, 0.2) is 48.5 Å². The Labute approximate surface area is 105 Å². The van der Waals surface area contributed by atoms with E-state index in [9.17, 15) is 4.79 Å². The molecule has 2 rings (SSSR count). The van der Waals surface area contributed by atoms with Crippen LogP contribution in [0.2, 0.25) is 0 Å². The van der Waals surface area contributed by atoms with Gasteiger partial charge in [-0.1, -0.05) is 30.3 Å². The summed E-state index contributed by atoms with van der Waals surface area (Å²) in [6, 6.07) is 14.5. The molecular formula is C14H13NO3. The molecule has 18 heavy (non-hydrogen) atoms. The molecule has 0 saturated carbocycles. The van der Waals surface area contributed by atoms with E-state index in [-0.39, 0.29) is 0 Å². The number of anilines is 1. The van der Waals surface area contributed by atoms with Crippen molar-refractivity contribution in [2.45, 2.75) is 0 Å². The van der Waals surface area contributed by atoms with Gasteiger partial charge in [-0.3, -0.25) is 4.89 Å². The van der Waals surface area contributed by atoms with E-state index in [1.807, 2.05) is 30.3 Å². The van der Waals surface area contributed by atoms with Gasteiger partial charge in [-0.2, -0.15) is 4.89 Å². The van der Waals surface area contributed by atoms with Crippen molar-refractivity contribution in [2.24, 2.45) is 0 Å². The van der Waals surface area contributed by atoms with Crippen LogP contribution in [0.4, 0.5) is 5.69 Å². The zero-order chi connectivity index (χ0) is 13.0. The minimum Gasteiger partial charge on any atom is -0.399 e. The quantitative estimate of drug-likeness (QED) is 0.511. The molecule has 0 fully saturated rings. The standard InChI is InChI=1S/C14H13NO3/c1-17-18-14(16)12-8-7-11(15)9-13(12)10-5-3-2-4-6-10/h2-9H,15H2,1H3. The third-order valence-corrected chi connectivity index (χ3v) is 2.51. The molecule has 4 nitrogen and oxygen atoms in total. The Hall–Kier alpha value is -2.33. The lowest BCUT2D eigenvalue weighted by atomic mass is 9.99. The molecule has 92 valence electrons. The molecule has 0 amide bonds. The number of nitrogen functional groups attached to an aromatic ring is 1. The van der Waals surface area contributed by atoms with Crippen molar-refractivity contribution >= 4 is 11.7 Å². The first-order valence-electron chi connectivity index (χ1n) is 5.42. The van der Waals surface area contributed by atoms with E-state index in [2.05, 4.69) is 9.78 Å². The largest absolute Gasteiger partial charge is 0.399 e. The molecule has 0 bridgehead atoms. The zero-order valence-electron chi connectivity index (χ0n) is 9.92. The lowest BCUT2D eigenvalue weighted by Gasteiger charge is -2.09. The maximum atomic E-state index is 11.8. The summed E-state index contributed by atoms with van der Waals surface area (Å²) in [5.74, 6) is -0.545. The van der Waals surface area contributed by atoms with E-state index in [0.29, 0.717) is 11.3 Å². The Balaban J connectivity index is 2.51. The van der Waals surface area contributed by atoms with Crippen molar-refractivity contribution in [3.8, 4) is 11.1 Å². The van der Waals surface area contributed by atoms with Crippen molar-refractivity contribution in [2.75, 3.05) is 12.8 Å². The molecule has 0 aliphatic heterocycles. The topological polar surface area (TPSA) is 61.5 Å². The molecule has 0 aromatic heterocycles. The van der Waals surface area contributed by atoms with Gasteiger partial charge in [0.2, 0.25) is 0 Å². The van der Waals surface area contributed by atoms with Crippen molar-refractivity contribution < 1.29 is 14.6 Å². The monoisotopic (exact) mass is 243 g/mol. The molecule has 0 atom stereocenters. The number of carbonyl (C=O) groups is 1. The fraction of sp³-hybridized carbons (Fsp3) is 0.0714. The molecule has 2 aromatic rings. The fourth-order valence-electron chi connectivity index (χ4n) is 1.72. The normalized spacial score (nSPS) is 10.1. The summed E-state index contributed by atoms with van der Waals surface area (Å²) in [6.45, 7) is 0. The van der Waals surface area contributed by atoms with Gasteiger partial charge in [0, 0.05) is 5.69 Å². The van der Waals surface area contributed by atoms with Gasteiger partial charge < -0.3 is 5.73 Å². The fourth-order valence-corrected chi connectivity index (χ4v) is 1.72. The van der Waals surface area contributed by atoms with Gasteiger partial charge in [0.1, 0.15) is 0 Å². The minimum absolute atomic E-state index is 0.414. The minimum atomic E-state index is -0.545. The van der Waals surface area contributed by atoms with Crippen molar-refractivity contribution in [1.82, 2.24) is 0 Å². The summed E-state index contributed by atoms with van der Waals surface area (Å²) in [4.78, 5) is 20.7. The maximum Gasteiger partial charge on any atom is 0.373 e. The lowest BCUT2D eigenvalue weighted by molar-refractivity contribution is -0.216. The Morgan fingerprint density at radius 3 is 2.50 bits per heavy atom. The molecule has 0 aliphatic rings. The second kappa shape index (κ2) is 5.33. The van der Waals surface area contributed by atoms with Gasteiger partial charge in [0.05, 0.1) is 12.7 Å². The van der Waals surface area contributed by atoms with Crippen LogP contribution in [-0.4, -0.2) is 13.1 Å². The smallest absolute Gasteiger partial charge is 0.373 e. The first kappa shape index (κ1) is 12.1. The average Bonchev–Trinajstić information content (AvgIpc) is 2.40. The van der Waals surface area contributed by atoms with Crippen LogP contribution in [0.1, 0.15) is 10.4 Å². The third-order valence-electron chi connectivity index (χ3n) is 2.51. The Bertz CT molecular complexity index is 552. The van der Waals surface area contributed by atoms with E-state index < -0.39 is 5.97 Å². The van der Waals surface area contributed by atoms with E-state index >= 15 is 0 Å². The van der Waals surface area contributed by atoms with Gasteiger partial charge in [-0.25, -0.2) is 4.79 Å². The van der Waals surface area contributed by atoms with Crippen molar-refractivity contribution in [1.29, 1.82) is 0 Å². The highest BCUT2D eigenvalue weighted by Crippen LogP contribution is 2.26. The molecule has 0 aliphatic carbocycles. The van der Waals surface area contributed by atoms with Crippen LogP contribution in [-0.2, 0) is 9.78 Å². The molecule has 2 aromatic carbocycles. The van der Waals surface area contributed by atoms with Crippen molar-refractivity contribution in [3.63, 3.8) is 0 Å². The summed E-state index contributed by atoms with van der Waals surface area (Å²) >= 11 is 0. The maximum absolute atomic E-state index is 11.8. The highest BCUT2D eigenvalue weighted by Gasteiger charge is 2.15. The number of nitrogens with two attached hydrogens (primary N) is 1. The Morgan fingerprint density at radius 2 is 1.83 bits per heavy atom. The highest BCUT2D eigenvalue weighted by molar-refractivity contribution is 5.97. The third kappa shape index (κ3) is 2.49. The number of benzene rings is 2. The van der Waals surface area contributed by atoms with Crippen molar-refractivity contribution in [3.05, 3.63) is 54.1 Å². The highest BCUT2D eigenvalue weighted by atomic mass is 17.2. The Morgan fingerprint density at radius 1 is 1.11 bits per heavy atom. The van der Waals surface area contributed by atoms with Crippen LogP contribution in [0, 0.1) is 0 Å². The molecule has 0 heterocycles. The van der Waals surface area contributed by atoms with E-state index in [0.717, 1.165) is 11.1 Å². The van der Waals surface area contributed by atoms with E-state index in [4.69, 9.17) is 5.73 Å². The first-order chi connectivity index (χ1) is 8.72. The second-order valence-electron chi connectivity index (χ2n) is 3.71. The summed E-state index contributed by atoms with van der Waals surface area (Å²) in [5.41, 5.74) is 8.37. The van der Waals surface area contributed by atoms with Gasteiger partial charge in [0.15, 0.2) is 0 Å². The molecule has 2 N–H and O–H groups in total. The van der Waals surface area contributed by atoms with Crippen LogP contribution in [0.5, 0.6) is 0 Å². The summed E-state index contributed by atoms with van der Waals surface area (Å²) in [5, 5.41) is 0.